The molecule has 29 heavy (non-hydrogen) atoms. The molecule has 9 nitrogen and oxygen atoms in total. The summed E-state index contributed by atoms with van der Waals surface area (Å²) >= 11 is 0. The van der Waals surface area contributed by atoms with Gasteiger partial charge in [-0.3, -0.25) is 9.78 Å². The molecule has 1 amide bonds. The molecule has 0 aliphatic rings. The van der Waals surface area contributed by atoms with Crippen LogP contribution in [-0.2, 0) is 0 Å². The lowest BCUT2D eigenvalue weighted by atomic mass is 10.1. The number of hydrogen-bond donors (Lipinski definition) is 3. The number of para-hydroxylation sites is 1. The largest absolute Gasteiger partial charge is 0.493 e. The third-order valence-electron chi connectivity index (χ3n) is 3.96. The van der Waals surface area contributed by atoms with Crippen LogP contribution in [0, 0.1) is 0 Å². The Hall–Kier alpha value is -3.88. The molecular formula is C20H22N6O3. The number of methoxy groups -OCH3 is 2. The van der Waals surface area contributed by atoms with Crippen molar-refractivity contribution < 1.29 is 14.3 Å². The monoisotopic (exact) mass is 394 g/mol. The first kappa shape index (κ1) is 19.9. The van der Waals surface area contributed by atoms with Crippen LogP contribution in [-0.4, -0.2) is 48.4 Å². The molecule has 0 bridgehead atoms. The van der Waals surface area contributed by atoms with Gasteiger partial charge in [-0.05, 0) is 36.4 Å². The third-order valence-corrected chi connectivity index (χ3v) is 3.96. The van der Waals surface area contributed by atoms with Gasteiger partial charge in [-0.1, -0.05) is 6.07 Å². The fourth-order valence-electron chi connectivity index (χ4n) is 2.61. The van der Waals surface area contributed by atoms with Gasteiger partial charge in [0, 0.05) is 19.3 Å². The van der Waals surface area contributed by atoms with Crippen molar-refractivity contribution in [2.75, 3.05) is 37.9 Å². The molecule has 0 aliphatic carbocycles. The predicted molar refractivity (Wildman–Crippen MR) is 110 cm³/mol. The molecule has 3 N–H and O–H groups in total. The summed E-state index contributed by atoms with van der Waals surface area (Å²) in [5, 5.41) is 17.3. The van der Waals surface area contributed by atoms with Crippen molar-refractivity contribution in [3.8, 4) is 11.5 Å². The SMILES string of the molecule is COc1cccc(C(=O)NCCNc2ccc(Nc3cccnc3)nn2)c1OC. The topological polar surface area (TPSA) is 110 Å². The van der Waals surface area contributed by atoms with E-state index >= 15 is 0 Å². The maximum atomic E-state index is 12.4. The van der Waals surface area contributed by atoms with E-state index in [2.05, 4.69) is 31.1 Å². The highest BCUT2D eigenvalue weighted by atomic mass is 16.5. The Morgan fingerprint density at radius 2 is 1.79 bits per heavy atom. The van der Waals surface area contributed by atoms with E-state index in [1.165, 1.54) is 14.2 Å². The smallest absolute Gasteiger partial charge is 0.255 e. The van der Waals surface area contributed by atoms with Crippen molar-refractivity contribution >= 4 is 23.2 Å². The fraction of sp³-hybridized carbons (Fsp3) is 0.200. The molecule has 0 fully saturated rings. The second kappa shape index (κ2) is 9.88. The standard InChI is InChI=1S/C20H22N6O3/c1-28-16-7-3-6-15(19(16)29-2)20(27)23-12-11-22-17-8-9-18(26-25-17)24-14-5-4-10-21-13-14/h3-10,13H,11-12H2,1-2H3,(H,22,25)(H,23,27)(H,24,26). The fourth-order valence-corrected chi connectivity index (χ4v) is 2.61. The minimum absolute atomic E-state index is 0.246. The van der Waals surface area contributed by atoms with Crippen LogP contribution in [0.25, 0.3) is 0 Å². The van der Waals surface area contributed by atoms with E-state index < -0.39 is 0 Å². The summed E-state index contributed by atoms with van der Waals surface area (Å²) in [5.41, 5.74) is 1.25. The summed E-state index contributed by atoms with van der Waals surface area (Å²) in [6, 6.07) is 12.5. The Labute approximate surface area is 168 Å². The average Bonchev–Trinajstić information content (AvgIpc) is 2.77. The molecule has 0 unspecified atom stereocenters. The van der Waals surface area contributed by atoms with E-state index in [9.17, 15) is 4.79 Å². The Morgan fingerprint density at radius 3 is 2.48 bits per heavy atom. The summed E-state index contributed by atoms with van der Waals surface area (Å²) in [6.07, 6.45) is 3.40. The molecule has 0 atom stereocenters. The highest BCUT2D eigenvalue weighted by molar-refractivity contribution is 5.97. The molecule has 0 aliphatic heterocycles. The van der Waals surface area contributed by atoms with Crippen molar-refractivity contribution in [2.24, 2.45) is 0 Å². The Morgan fingerprint density at radius 1 is 0.966 bits per heavy atom. The van der Waals surface area contributed by atoms with Gasteiger partial charge in [0.25, 0.3) is 5.91 Å². The van der Waals surface area contributed by atoms with Crippen LogP contribution in [0.2, 0.25) is 0 Å². The highest BCUT2D eigenvalue weighted by Gasteiger charge is 2.15. The number of benzene rings is 1. The Bertz CT molecular complexity index is 935. The summed E-state index contributed by atoms with van der Waals surface area (Å²) in [6.45, 7) is 0.888. The molecule has 9 heteroatoms. The van der Waals surface area contributed by atoms with Crippen molar-refractivity contribution in [3.05, 3.63) is 60.4 Å². The molecule has 2 heterocycles. The van der Waals surface area contributed by atoms with Crippen molar-refractivity contribution in [2.45, 2.75) is 0 Å². The van der Waals surface area contributed by atoms with Gasteiger partial charge < -0.3 is 25.4 Å². The first-order chi connectivity index (χ1) is 14.2. The molecule has 0 radical (unpaired) electrons. The zero-order valence-corrected chi connectivity index (χ0v) is 16.2. The van der Waals surface area contributed by atoms with Crippen LogP contribution in [0.1, 0.15) is 10.4 Å². The van der Waals surface area contributed by atoms with E-state index in [0.29, 0.717) is 41.8 Å². The Balaban J connectivity index is 1.47. The number of rotatable bonds is 9. The number of nitrogens with one attached hydrogen (secondary N) is 3. The van der Waals surface area contributed by atoms with Crippen molar-refractivity contribution in [1.82, 2.24) is 20.5 Å². The van der Waals surface area contributed by atoms with Gasteiger partial charge in [0.05, 0.1) is 31.7 Å². The Kier molecular flexibility index (Phi) is 6.77. The number of pyridine rings is 1. The lowest BCUT2D eigenvalue weighted by molar-refractivity contribution is 0.0951. The minimum Gasteiger partial charge on any atom is -0.493 e. The van der Waals surface area contributed by atoms with Crippen LogP contribution < -0.4 is 25.4 Å². The van der Waals surface area contributed by atoms with E-state index in [-0.39, 0.29) is 5.91 Å². The van der Waals surface area contributed by atoms with E-state index in [1.54, 1.807) is 36.7 Å². The first-order valence-corrected chi connectivity index (χ1v) is 8.95. The molecule has 150 valence electrons. The number of carbonyl (C=O) groups excluding carboxylic acids is 1. The highest BCUT2D eigenvalue weighted by Crippen LogP contribution is 2.30. The number of aromatic nitrogens is 3. The van der Waals surface area contributed by atoms with Crippen LogP contribution in [0.15, 0.2) is 54.9 Å². The van der Waals surface area contributed by atoms with Gasteiger partial charge in [-0.2, -0.15) is 0 Å². The third kappa shape index (κ3) is 5.32. The summed E-state index contributed by atoms with van der Waals surface area (Å²) in [7, 11) is 3.03. The van der Waals surface area contributed by atoms with E-state index in [1.807, 2.05) is 18.2 Å². The average molecular weight is 394 g/mol. The number of hydrogen-bond acceptors (Lipinski definition) is 8. The van der Waals surface area contributed by atoms with Gasteiger partial charge in [0.15, 0.2) is 17.3 Å². The maximum Gasteiger partial charge on any atom is 0.255 e. The number of ether oxygens (including phenoxy) is 2. The zero-order chi connectivity index (χ0) is 20.5. The molecule has 0 saturated carbocycles. The van der Waals surface area contributed by atoms with Gasteiger partial charge in [-0.15, -0.1) is 10.2 Å². The van der Waals surface area contributed by atoms with Gasteiger partial charge in [-0.25, -0.2) is 0 Å². The van der Waals surface area contributed by atoms with Crippen LogP contribution in [0.4, 0.5) is 17.3 Å². The van der Waals surface area contributed by atoms with E-state index in [0.717, 1.165) is 5.69 Å². The lowest BCUT2D eigenvalue weighted by Gasteiger charge is -2.13. The lowest BCUT2D eigenvalue weighted by Crippen LogP contribution is -2.29. The normalized spacial score (nSPS) is 10.1. The van der Waals surface area contributed by atoms with Crippen molar-refractivity contribution in [1.29, 1.82) is 0 Å². The second-order valence-corrected chi connectivity index (χ2v) is 5.89. The van der Waals surface area contributed by atoms with Gasteiger partial charge in [0.2, 0.25) is 0 Å². The summed E-state index contributed by atoms with van der Waals surface area (Å²) in [5.74, 6) is 1.89. The number of anilines is 3. The first-order valence-electron chi connectivity index (χ1n) is 8.95. The molecular weight excluding hydrogens is 372 g/mol. The van der Waals surface area contributed by atoms with Gasteiger partial charge >= 0.3 is 0 Å². The summed E-state index contributed by atoms with van der Waals surface area (Å²) < 4.78 is 10.5. The van der Waals surface area contributed by atoms with E-state index in [4.69, 9.17) is 9.47 Å². The summed E-state index contributed by atoms with van der Waals surface area (Å²) in [4.78, 5) is 16.4. The second-order valence-electron chi connectivity index (χ2n) is 5.89. The molecule has 0 spiro atoms. The zero-order valence-electron chi connectivity index (χ0n) is 16.2. The molecule has 2 aromatic heterocycles. The van der Waals surface area contributed by atoms with Crippen LogP contribution in [0.5, 0.6) is 11.5 Å². The number of amides is 1. The number of carbonyl (C=O) groups is 1. The van der Waals surface area contributed by atoms with Crippen molar-refractivity contribution in [3.63, 3.8) is 0 Å². The molecule has 1 aromatic carbocycles. The maximum absolute atomic E-state index is 12.4. The van der Waals surface area contributed by atoms with Gasteiger partial charge in [0.1, 0.15) is 5.82 Å². The van der Waals surface area contributed by atoms with Crippen LogP contribution in [0.3, 0.4) is 0 Å². The predicted octanol–water partition coefficient (Wildman–Crippen LogP) is 2.47. The van der Waals surface area contributed by atoms with Crippen LogP contribution >= 0.6 is 0 Å². The molecule has 0 saturated heterocycles. The minimum atomic E-state index is -0.246. The quantitative estimate of drug-likeness (QED) is 0.475. The molecule has 3 rings (SSSR count). The number of nitrogens with zero attached hydrogens (tertiary/aromatic N) is 3. The molecule has 3 aromatic rings.